The van der Waals surface area contributed by atoms with Gasteiger partial charge >= 0.3 is 5.97 Å². The third kappa shape index (κ3) is 2.86. The van der Waals surface area contributed by atoms with Gasteiger partial charge in [-0.05, 0) is 29.9 Å². The van der Waals surface area contributed by atoms with Crippen LogP contribution in [0.15, 0.2) is 64.0 Å². The van der Waals surface area contributed by atoms with Crippen LogP contribution in [0.3, 0.4) is 0 Å². The standard InChI is InChI=1S/C19H15N3O3S/c1-24-18(23)16-14(17-20-12-9-5-6-10-13(12)25-17)15(21-19(26)22-16)11-7-3-2-4-8-11/h2-10,14-15H,1H3,(H,21,26)/t14-,15+/m0/s1. The molecule has 0 saturated carbocycles. The summed E-state index contributed by atoms with van der Waals surface area (Å²) >= 11 is 5.24. The van der Waals surface area contributed by atoms with Gasteiger partial charge in [0.1, 0.15) is 17.1 Å². The number of aromatic nitrogens is 1. The fraction of sp³-hybridized carbons (Fsp3) is 0.158. The average molecular weight is 365 g/mol. The van der Waals surface area contributed by atoms with E-state index < -0.39 is 11.9 Å². The van der Waals surface area contributed by atoms with E-state index in [9.17, 15) is 4.79 Å². The number of nitrogens with zero attached hydrogens (tertiary/aromatic N) is 2. The lowest BCUT2D eigenvalue weighted by Crippen LogP contribution is -2.42. The lowest BCUT2D eigenvalue weighted by molar-refractivity contribution is -0.133. The summed E-state index contributed by atoms with van der Waals surface area (Å²) in [4.78, 5) is 21.2. The summed E-state index contributed by atoms with van der Waals surface area (Å²) in [7, 11) is 1.32. The van der Waals surface area contributed by atoms with Crippen LogP contribution in [0.4, 0.5) is 0 Å². The zero-order valence-electron chi connectivity index (χ0n) is 13.9. The number of oxazole rings is 1. The fourth-order valence-electron chi connectivity index (χ4n) is 3.08. The first-order valence-electron chi connectivity index (χ1n) is 8.05. The van der Waals surface area contributed by atoms with Crippen molar-refractivity contribution in [1.29, 1.82) is 0 Å². The zero-order valence-corrected chi connectivity index (χ0v) is 14.7. The van der Waals surface area contributed by atoms with E-state index in [1.165, 1.54) is 7.11 Å². The Morgan fingerprint density at radius 3 is 2.62 bits per heavy atom. The lowest BCUT2D eigenvalue weighted by Gasteiger charge is -2.30. The molecular formula is C19H15N3O3S. The molecule has 2 heterocycles. The van der Waals surface area contributed by atoms with Gasteiger partial charge in [0.05, 0.1) is 13.2 Å². The van der Waals surface area contributed by atoms with E-state index in [2.05, 4.69) is 15.3 Å². The van der Waals surface area contributed by atoms with Crippen LogP contribution in [-0.4, -0.2) is 28.9 Å². The van der Waals surface area contributed by atoms with Crippen LogP contribution in [0.2, 0.25) is 0 Å². The van der Waals surface area contributed by atoms with Crippen molar-refractivity contribution in [2.75, 3.05) is 7.11 Å². The topological polar surface area (TPSA) is 76.7 Å². The van der Waals surface area contributed by atoms with Gasteiger partial charge in [0.2, 0.25) is 5.89 Å². The monoisotopic (exact) mass is 365 g/mol. The van der Waals surface area contributed by atoms with E-state index in [1.54, 1.807) is 0 Å². The summed E-state index contributed by atoms with van der Waals surface area (Å²) in [5.74, 6) is -0.731. The van der Waals surface area contributed by atoms with Crippen molar-refractivity contribution in [1.82, 2.24) is 10.3 Å². The average Bonchev–Trinajstić information content (AvgIpc) is 3.11. The Bertz CT molecular complexity index is 980. The Morgan fingerprint density at radius 1 is 1.15 bits per heavy atom. The van der Waals surface area contributed by atoms with Crippen LogP contribution < -0.4 is 5.32 Å². The molecule has 0 saturated heterocycles. The highest BCUT2D eigenvalue weighted by molar-refractivity contribution is 7.80. The van der Waals surface area contributed by atoms with Gasteiger partial charge in [-0.25, -0.2) is 14.8 Å². The molecule has 4 rings (SSSR count). The quantitative estimate of drug-likeness (QED) is 0.568. The molecule has 7 heteroatoms. The number of nitrogens with one attached hydrogen (secondary N) is 1. The molecule has 2 atom stereocenters. The highest BCUT2D eigenvalue weighted by Gasteiger charge is 2.40. The van der Waals surface area contributed by atoms with E-state index in [1.807, 2.05) is 54.6 Å². The maximum atomic E-state index is 12.4. The van der Waals surface area contributed by atoms with Gasteiger partial charge in [-0.3, -0.25) is 0 Å². The summed E-state index contributed by atoms with van der Waals surface area (Å²) in [6.07, 6.45) is 0. The largest absolute Gasteiger partial charge is 0.465 e. The number of fused-ring (bicyclic) bond motifs is 1. The minimum atomic E-state index is -0.566. The van der Waals surface area contributed by atoms with Crippen molar-refractivity contribution in [2.24, 2.45) is 4.99 Å². The van der Waals surface area contributed by atoms with Gasteiger partial charge in [0.15, 0.2) is 10.7 Å². The Morgan fingerprint density at radius 2 is 1.88 bits per heavy atom. The molecule has 0 aliphatic carbocycles. The molecule has 1 N–H and O–H groups in total. The molecule has 2 aromatic carbocycles. The SMILES string of the molecule is COC(=O)C1=NC(=S)N[C@H](c2ccccc2)[C@@H]1c1nc2ccccc2o1. The number of rotatable bonds is 3. The van der Waals surface area contributed by atoms with Gasteiger partial charge in [-0.1, -0.05) is 42.5 Å². The minimum Gasteiger partial charge on any atom is -0.465 e. The third-order valence-electron chi connectivity index (χ3n) is 4.26. The van der Waals surface area contributed by atoms with Crippen LogP contribution in [0.25, 0.3) is 11.1 Å². The molecule has 1 aliphatic rings. The van der Waals surface area contributed by atoms with E-state index in [0.717, 1.165) is 5.56 Å². The van der Waals surface area contributed by atoms with Crippen LogP contribution in [0.5, 0.6) is 0 Å². The first-order chi connectivity index (χ1) is 12.7. The molecule has 0 fully saturated rings. The number of ether oxygens (including phenoxy) is 1. The number of hydrogen-bond acceptors (Lipinski definition) is 5. The van der Waals surface area contributed by atoms with E-state index in [4.69, 9.17) is 21.4 Å². The summed E-state index contributed by atoms with van der Waals surface area (Å²) in [5, 5.41) is 3.40. The molecule has 6 nitrogen and oxygen atoms in total. The summed E-state index contributed by atoms with van der Waals surface area (Å²) in [6, 6.07) is 16.8. The number of hydrogen-bond donors (Lipinski definition) is 1. The molecule has 0 amide bonds. The van der Waals surface area contributed by atoms with Crippen molar-refractivity contribution in [2.45, 2.75) is 12.0 Å². The second kappa shape index (κ2) is 6.68. The number of thiocarbonyl (C=S) groups is 1. The molecule has 0 spiro atoms. The molecule has 0 radical (unpaired) electrons. The molecule has 1 aromatic heterocycles. The Balaban J connectivity index is 1.89. The van der Waals surface area contributed by atoms with Gasteiger partial charge in [-0.2, -0.15) is 0 Å². The van der Waals surface area contributed by atoms with Gasteiger partial charge in [0.25, 0.3) is 0 Å². The Labute approximate surface area is 154 Å². The van der Waals surface area contributed by atoms with Gasteiger partial charge in [-0.15, -0.1) is 0 Å². The van der Waals surface area contributed by atoms with Gasteiger partial charge < -0.3 is 14.5 Å². The van der Waals surface area contributed by atoms with Crippen molar-refractivity contribution < 1.29 is 13.9 Å². The normalized spacial score (nSPS) is 19.7. The van der Waals surface area contributed by atoms with Crippen molar-refractivity contribution in [3.8, 4) is 0 Å². The van der Waals surface area contributed by atoms with Crippen LogP contribution in [-0.2, 0) is 9.53 Å². The Kier molecular flexibility index (Phi) is 4.22. The fourth-order valence-corrected chi connectivity index (χ4v) is 3.31. The first kappa shape index (κ1) is 16.4. The third-order valence-corrected chi connectivity index (χ3v) is 4.47. The van der Waals surface area contributed by atoms with E-state index in [-0.39, 0.29) is 16.9 Å². The number of benzene rings is 2. The maximum Gasteiger partial charge on any atom is 0.353 e. The molecule has 26 heavy (non-hydrogen) atoms. The highest BCUT2D eigenvalue weighted by Crippen LogP contribution is 2.36. The molecule has 3 aromatic rings. The molecule has 0 unspecified atom stereocenters. The number of carbonyl (C=O) groups excluding carboxylic acids is 1. The summed E-state index contributed by atoms with van der Waals surface area (Å²) < 4.78 is 10.9. The predicted octanol–water partition coefficient (Wildman–Crippen LogP) is 3.15. The molecule has 130 valence electrons. The summed E-state index contributed by atoms with van der Waals surface area (Å²) in [6.45, 7) is 0. The highest BCUT2D eigenvalue weighted by atomic mass is 32.1. The van der Waals surface area contributed by atoms with Crippen LogP contribution in [0, 0.1) is 0 Å². The summed E-state index contributed by atoms with van der Waals surface area (Å²) in [5.41, 5.74) is 2.48. The Hall–Kier alpha value is -3.06. The van der Waals surface area contributed by atoms with Gasteiger partial charge in [0, 0.05) is 0 Å². The number of carbonyl (C=O) groups is 1. The predicted molar refractivity (Wildman–Crippen MR) is 101 cm³/mol. The van der Waals surface area contributed by atoms with Crippen molar-refractivity contribution in [3.05, 3.63) is 66.1 Å². The second-order valence-corrected chi connectivity index (χ2v) is 6.21. The number of para-hydroxylation sites is 2. The zero-order chi connectivity index (χ0) is 18.1. The number of esters is 1. The van der Waals surface area contributed by atoms with E-state index in [0.29, 0.717) is 17.0 Å². The lowest BCUT2D eigenvalue weighted by atomic mass is 9.87. The molecular weight excluding hydrogens is 350 g/mol. The first-order valence-corrected chi connectivity index (χ1v) is 8.46. The van der Waals surface area contributed by atoms with Crippen LogP contribution >= 0.6 is 12.2 Å². The molecule has 1 aliphatic heterocycles. The smallest absolute Gasteiger partial charge is 0.353 e. The van der Waals surface area contributed by atoms with E-state index >= 15 is 0 Å². The number of methoxy groups -OCH3 is 1. The van der Waals surface area contributed by atoms with Crippen molar-refractivity contribution >= 4 is 40.1 Å². The van der Waals surface area contributed by atoms with Crippen LogP contribution in [0.1, 0.15) is 23.4 Å². The molecule has 0 bridgehead atoms. The number of aliphatic imine (C=N–C) groups is 1. The maximum absolute atomic E-state index is 12.4. The van der Waals surface area contributed by atoms with Crippen molar-refractivity contribution in [3.63, 3.8) is 0 Å². The second-order valence-electron chi connectivity index (χ2n) is 5.82. The minimum absolute atomic E-state index is 0.177.